The maximum absolute atomic E-state index is 11.0. The second-order valence-corrected chi connectivity index (χ2v) is 5.19. The van der Waals surface area contributed by atoms with Gasteiger partial charge in [0.15, 0.2) is 0 Å². The van der Waals surface area contributed by atoms with Gasteiger partial charge in [0.25, 0.3) is 0 Å². The van der Waals surface area contributed by atoms with E-state index in [4.69, 9.17) is 0 Å². The zero-order chi connectivity index (χ0) is 11.6. The quantitative estimate of drug-likeness (QED) is 0.890. The van der Waals surface area contributed by atoms with Crippen LogP contribution in [0.3, 0.4) is 0 Å². The summed E-state index contributed by atoms with van der Waals surface area (Å²) in [6.45, 7) is 5.57. The van der Waals surface area contributed by atoms with Crippen LogP contribution in [0.25, 0.3) is 0 Å². The van der Waals surface area contributed by atoms with Crippen LogP contribution in [-0.4, -0.2) is 15.9 Å². The molecule has 0 radical (unpaired) electrons. The van der Waals surface area contributed by atoms with Crippen LogP contribution in [0, 0.1) is 5.92 Å². The third-order valence-corrected chi connectivity index (χ3v) is 3.64. The number of halogens is 2. The summed E-state index contributed by atoms with van der Waals surface area (Å²) in [5.41, 5.74) is 0. The SMILES string of the molecule is CC(=O)NC(c1nc(Br)c(Br)[nH]1)C(C)C. The van der Waals surface area contributed by atoms with Crippen molar-refractivity contribution in [3.8, 4) is 0 Å². The lowest BCUT2D eigenvalue weighted by atomic mass is 10.0. The number of aromatic nitrogens is 2. The minimum atomic E-state index is -0.0925. The van der Waals surface area contributed by atoms with Crippen molar-refractivity contribution in [2.75, 3.05) is 0 Å². The van der Waals surface area contributed by atoms with E-state index in [1.807, 2.05) is 13.8 Å². The molecule has 0 aliphatic rings. The van der Waals surface area contributed by atoms with Crippen molar-refractivity contribution in [1.29, 1.82) is 0 Å². The molecular weight excluding hydrogens is 326 g/mol. The van der Waals surface area contributed by atoms with Gasteiger partial charge in [0.2, 0.25) is 5.91 Å². The first-order chi connectivity index (χ1) is 6.91. The van der Waals surface area contributed by atoms with Gasteiger partial charge in [-0.15, -0.1) is 0 Å². The van der Waals surface area contributed by atoms with Crippen LogP contribution in [0.4, 0.5) is 0 Å². The normalized spacial score (nSPS) is 12.9. The van der Waals surface area contributed by atoms with Crippen molar-refractivity contribution in [2.45, 2.75) is 26.8 Å². The molecule has 1 amide bonds. The minimum absolute atomic E-state index is 0.0580. The van der Waals surface area contributed by atoms with Crippen LogP contribution in [-0.2, 0) is 4.79 Å². The number of amides is 1. The monoisotopic (exact) mass is 337 g/mol. The van der Waals surface area contributed by atoms with Gasteiger partial charge in [-0.1, -0.05) is 13.8 Å². The van der Waals surface area contributed by atoms with E-state index in [0.717, 1.165) is 10.4 Å². The molecule has 4 nitrogen and oxygen atoms in total. The van der Waals surface area contributed by atoms with E-state index in [1.165, 1.54) is 6.92 Å². The van der Waals surface area contributed by atoms with E-state index in [1.54, 1.807) is 0 Å². The van der Waals surface area contributed by atoms with Crippen molar-refractivity contribution >= 4 is 37.8 Å². The number of imidazole rings is 1. The second-order valence-electron chi connectivity index (χ2n) is 3.65. The number of hydrogen-bond acceptors (Lipinski definition) is 2. The van der Waals surface area contributed by atoms with E-state index < -0.39 is 0 Å². The molecule has 1 unspecified atom stereocenters. The van der Waals surface area contributed by atoms with Gasteiger partial charge in [-0.2, -0.15) is 0 Å². The molecule has 0 bridgehead atoms. The Balaban J connectivity index is 2.93. The maximum atomic E-state index is 11.0. The third-order valence-electron chi connectivity index (χ3n) is 1.96. The highest BCUT2D eigenvalue weighted by Crippen LogP contribution is 2.25. The highest BCUT2D eigenvalue weighted by molar-refractivity contribution is 9.13. The standard InChI is InChI=1S/C9H13Br2N3O/c1-4(2)6(12-5(3)15)9-13-7(10)8(11)14-9/h4,6H,1-3H3,(H,12,15)(H,13,14). The molecule has 1 rings (SSSR count). The Kier molecular flexibility index (Phi) is 4.33. The van der Waals surface area contributed by atoms with Gasteiger partial charge in [-0.05, 0) is 37.8 Å². The molecule has 0 fully saturated rings. The van der Waals surface area contributed by atoms with Crippen molar-refractivity contribution in [3.63, 3.8) is 0 Å². The average Bonchev–Trinajstić information content (AvgIpc) is 2.42. The Morgan fingerprint density at radius 1 is 1.47 bits per heavy atom. The highest BCUT2D eigenvalue weighted by atomic mass is 79.9. The zero-order valence-corrected chi connectivity index (χ0v) is 11.9. The van der Waals surface area contributed by atoms with Gasteiger partial charge >= 0.3 is 0 Å². The molecule has 0 aliphatic carbocycles. The van der Waals surface area contributed by atoms with Gasteiger partial charge in [-0.25, -0.2) is 4.98 Å². The number of aromatic amines is 1. The molecule has 0 aliphatic heterocycles. The van der Waals surface area contributed by atoms with Crippen LogP contribution < -0.4 is 5.32 Å². The van der Waals surface area contributed by atoms with Crippen LogP contribution in [0.1, 0.15) is 32.6 Å². The van der Waals surface area contributed by atoms with Crippen molar-refractivity contribution in [3.05, 3.63) is 15.0 Å². The lowest BCUT2D eigenvalue weighted by molar-refractivity contribution is -0.120. The smallest absolute Gasteiger partial charge is 0.217 e. The predicted molar refractivity (Wildman–Crippen MR) is 65.4 cm³/mol. The van der Waals surface area contributed by atoms with Gasteiger partial charge in [0.05, 0.1) is 6.04 Å². The molecule has 2 N–H and O–H groups in total. The Bertz CT molecular complexity index is 343. The molecular formula is C9H13Br2N3O. The van der Waals surface area contributed by atoms with Crippen molar-refractivity contribution in [2.24, 2.45) is 5.92 Å². The van der Waals surface area contributed by atoms with Crippen LogP contribution in [0.2, 0.25) is 0 Å². The summed E-state index contributed by atoms with van der Waals surface area (Å²) < 4.78 is 1.50. The van der Waals surface area contributed by atoms with E-state index in [9.17, 15) is 4.79 Å². The van der Waals surface area contributed by atoms with Gasteiger partial charge in [0, 0.05) is 6.92 Å². The second kappa shape index (κ2) is 5.12. The Morgan fingerprint density at radius 3 is 2.40 bits per heavy atom. The summed E-state index contributed by atoms with van der Waals surface area (Å²) in [5.74, 6) is 0.968. The lowest BCUT2D eigenvalue weighted by Gasteiger charge is -2.19. The Labute approximate surface area is 105 Å². The number of rotatable bonds is 3. The third kappa shape index (κ3) is 3.31. The Morgan fingerprint density at radius 2 is 2.07 bits per heavy atom. The Hall–Kier alpha value is -0.360. The van der Waals surface area contributed by atoms with Crippen LogP contribution in [0.15, 0.2) is 9.21 Å². The topological polar surface area (TPSA) is 57.8 Å². The van der Waals surface area contributed by atoms with Gasteiger partial charge < -0.3 is 10.3 Å². The molecule has 0 saturated heterocycles. The molecule has 6 heteroatoms. The summed E-state index contributed by atoms with van der Waals surface area (Å²) in [7, 11) is 0. The first kappa shape index (κ1) is 12.7. The lowest BCUT2D eigenvalue weighted by Crippen LogP contribution is -2.30. The molecule has 0 spiro atoms. The van der Waals surface area contributed by atoms with Crippen molar-refractivity contribution in [1.82, 2.24) is 15.3 Å². The molecule has 0 aromatic carbocycles. The fourth-order valence-electron chi connectivity index (χ4n) is 1.26. The number of nitrogens with zero attached hydrogens (tertiary/aromatic N) is 1. The van der Waals surface area contributed by atoms with Gasteiger partial charge in [0.1, 0.15) is 15.0 Å². The summed E-state index contributed by atoms with van der Waals surface area (Å²) >= 11 is 6.62. The number of H-pyrrole nitrogens is 1. The molecule has 84 valence electrons. The fraction of sp³-hybridized carbons (Fsp3) is 0.556. The van der Waals surface area contributed by atoms with Crippen LogP contribution in [0.5, 0.6) is 0 Å². The van der Waals surface area contributed by atoms with E-state index in [0.29, 0.717) is 4.60 Å². The van der Waals surface area contributed by atoms with Gasteiger partial charge in [-0.3, -0.25) is 4.79 Å². The van der Waals surface area contributed by atoms with E-state index in [2.05, 4.69) is 47.1 Å². The summed E-state index contributed by atoms with van der Waals surface area (Å²) in [6.07, 6.45) is 0. The van der Waals surface area contributed by atoms with Crippen LogP contribution >= 0.6 is 31.9 Å². The number of nitrogens with one attached hydrogen (secondary N) is 2. The molecule has 1 aromatic rings. The zero-order valence-electron chi connectivity index (χ0n) is 8.77. The molecule has 1 aromatic heterocycles. The minimum Gasteiger partial charge on any atom is -0.346 e. The first-order valence-corrected chi connectivity index (χ1v) is 6.18. The molecule has 15 heavy (non-hydrogen) atoms. The average molecular weight is 339 g/mol. The molecule has 1 atom stereocenters. The number of carbonyl (C=O) groups is 1. The first-order valence-electron chi connectivity index (χ1n) is 4.59. The predicted octanol–water partition coefficient (Wildman–Crippen LogP) is 2.77. The highest BCUT2D eigenvalue weighted by Gasteiger charge is 2.21. The maximum Gasteiger partial charge on any atom is 0.217 e. The largest absolute Gasteiger partial charge is 0.346 e. The number of hydrogen-bond donors (Lipinski definition) is 2. The summed E-state index contributed by atoms with van der Waals surface area (Å²) in [5, 5.41) is 2.86. The summed E-state index contributed by atoms with van der Waals surface area (Å²) in [6, 6.07) is -0.0925. The fourth-order valence-corrected chi connectivity index (χ4v) is 1.85. The summed E-state index contributed by atoms with van der Waals surface area (Å²) in [4.78, 5) is 18.4. The van der Waals surface area contributed by atoms with Crippen molar-refractivity contribution < 1.29 is 4.79 Å². The van der Waals surface area contributed by atoms with E-state index in [-0.39, 0.29) is 17.9 Å². The van der Waals surface area contributed by atoms with E-state index >= 15 is 0 Å². The molecule has 0 saturated carbocycles. The number of carbonyl (C=O) groups excluding carboxylic acids is 1. The molecule has 1 heterocycles.